The van der Waals surface area contributed by atoms with Gasteiger partial charge in [-0.3, -0.25) is 4.68 Å². The summed E-state index contributed by atoms with van der Waals surface area (Å²) < 4.78 is 7.20. The molecule has 22 heavy (non-hydrogen) atoms. The first-order valence-electron chi connectivity index (χ1n) is 8.10. The molecule has 1 aromatic heterocycles. The predicted octanol–water partition coefficient (Wildman–Crippen LogP) is 2.68. The molecule has 6 nitrogen and oxygen atoms in total. The van der Waals surface area contributed by atoms with Gasteiger partial charge in [0.15, 0.2) is 0 Å². The highest BCUT2D eigenvalue weighted by atomic mass is 16.6. The van der Waals surface area contributed by atoms with Gasteiger partial charge in [0.1, 0.15) is 5.60 Å². The number of aryl methyl sites for hydroxylation is 1. The summed E-state index contributed by atoms with van der Waals surface area (Å²) in [5, 5.41) is 11.6. The van der Waals surface area contributed by atoms with Crippen LogP contribution >= 0.6 is 0 Å². The van der Waals surface area contributed by atoms with E-state index in [0.717, 1.165) is 44.2 Å². The summed E-state index contributed by atoms with van der Waals surface area (Å²) in [7, 11) is 1.91. The highest BCUT2D eigenvalue weighted by Gasteiger charge is 2.51. The van der Waals surface area contributed by atoms with E-state index in [1.165, 1.54) is 0 Å². The van der Waals surface area contributed by atoms with E-state index in [4.69, 9.17) is 4.74 Å². The van der Waals surface area contributed by atoms with Crippen molar-refractivity contribution < 1.29 is 9.53 Å². The highest BCUT2D eigenvalue weighted by molar-refractivity contribution is 5.69. The van der Waals surface area contributed by atoms with Gasteiger partial charge in [-0.15, -0.1) is 5.10 Å². The van der Waals surface area contributed by atoms with Gasteiger partial charge in [-0.1, -0.05) is 5.21 Å². The summed E-state index contributed by atoms with van der Waals surface area (Å²) in [4.78, 5) is 12.1. The molecule has 0 spiro atoms. The summed E-state index contributed by atoms with van der Waals surface area (Å²) in [5.41, 5.74) is 0.728. The number of nitrogens with one attached hydrogen (secondary N) is 1. The van der Waals surface area contributed by atoms with Crippen molar-refractivity contribution in [1.82, 2.24) is 20.3 Å². The van der Waals surface area contributed by atoms with E-state index in [0.29, 0.717) is 0 Å². The number of hydrogen-bond donors (Lipinski definition) is 1. The van der Waals surface area contributed by atoms with Crippen molar-refractivity contribution in [3.05, 3.63) is 11.9 Å². The number of fused-ring (bicyclic) bond motifs is 3. The molecule has 2 bridgehead atoms. The normalized spacial score (nSPS) is 31.1. The molecule has 1 aromatic rings. The average molecular weight is 306 g/mol. The van der Waals surface area contributed by atoms with Crippen molar-refractivity contribution in [2.45, 2.75) is 75.9 Å². The molecule has 0 aromatic carbocycles. The van der Waals surface area contributed by atoms with E-state index in [1.54, 1.807) is 4.68 Å². The SMILES string of the molecule is Cn1cc(C23CCC(NC(=O)OC(C)(C)C)(CC2)CC3)nn1. The zero-order chi connectivity index (χ0) is 16.0. The van der Waals surface area contributed by atoms with E-state index >= 15 is 0 Å². The van der Waals surface area contributed by atoms with Crippen LogP contribution in [0.1, 0.15) is 65.0 Å². The summed E-state index contributed by atoms with van der Waals surface area (Å²) in [5.74, 6) is 0. The minimum atomic E-state index is -0.451. The number of carbonyl (C=O) groups excluding carboxylic acids is 1. The van der Waals surface area contributed by atoms with Crippen molar-refractivity contribution in [3.63, 3.8) is 0 Å². The molecule has 0 saturated heterocycles. The van der Waals surface area contributed by atoms with Gasteiger partial charge in [0.2, 0.25) is 0 Å². The Morgan fingerprint density at radius 2 is 1.82 bits per heavy atom. The zero-order valence-corrected chi connectivity index (χ0v) is 14.0. The smallest absolute Gasteiger partial charge is 0.408 e. The maximum absolute atomic E-state index is 12.1. The second-order valence-corrected chi connectivity index (χ2v) is 7.97. The molecule has 0 unspecified atom stereocenters. The van der Waals surface area contributed by atoms with Gasteiger partial charge in [0.25, 0.3) is 0 Å². The van der Waals surface area contributed by atoms with Crippen LogP contribution in [0.4, 0.5) is 4.79 Å². The van der Waals surface area contributed by atoms with Gasteiger partial charge in [-0.25, -0.2) is 4.79 Å². The van der Waals surface area contributed by atoms with Crippen LogP contribution in [0, 0.1) is 0 Å². The van der Waals surface area contributed by atoms with E-state index in [9.17, 15) is 4.79 Å². The van der Waals surface area contributed by atoms with Gasteiger partial charge in [0.05, 0.1) is 5.69 Å². The fraction of sp³-hybridized carbons (Fsp3) is 0.812. The lowest BCUT2D eigenvalue weighted by atomic mass is 9.56. The minimum Gasteiger partial charge on any atom is -0.444 e. The molecule has 4 rings (SSSR count). The first kappa shape index (κ1) is 15.3. The standard InChI is InChI=1S/C16H26N4O2/c1-14(2,3)22-13(21)17-16-8-5-15(6-9-16,7-10-16)12-11-20(4)19-18-12/h11H,5-10H2,1-4H3,(H,17,21). The molecule has 3 fully saturated rings. The molecule has 0 radical (unpaired) electrons. The second-order valence-electron chi connectivity index (χ2n) is 7.97. The van der Waals surface area contributed by atoms with Crippen LogP contribution in [-0.4, -0.2) is 32.2 Å². The van der Waals surface area contributed by atoms with Crippen molar-refractivity contribution in [2.24, 2.45) is 7.05 Å². The Hall–Kier alpha value is -1.59. The Morgan fingerprint density at radius 1 is 1.23 bits per heavy atom. The molecule has 1 amide bonds. The molecule has 1 N–H and O–H groups in total. The molecule has 3 aliphatic carbocycles. The molecular weight excluding hydrogens is 280 g/mol. The molecule has 3 aliphatic rings. The van der Waals surface area contributed by atoms with E-state index < -0.39 is 5.60 Å². The molecule has 6 heteroatoms. The fourth-order valence-corrected chi connectivity index (χ4v) is 3.87. The summed E-state index contributed by atoms with van der Waals surface area (Å²) in [6, 6.07) is 0. The van der Waals surface area contributed by atoms with E-state index in [-0.39, 0.29) is 17.0 Å². The molecule has 0 atom stereocenters. The Bertz CT molecular complexity index is 548. The van der Waals surface area contributed by atoms with Crippen LogP contribution in [-0.2, 0) is 17.2 Å². The maximum Gasteiger partial charge on any atom is 0.408 e. The van der Waals surface area contributed by atoms with Crippen LogP contribution in [0.15, 0.2) is 6.20 Å². The van der Waals surface area contributed by atoms with Gasteiger partial charge in [-0.2, -0.15) is 0 Å². The molecule has 3 saturated carbocycles. The summed E-state index contributed by atoms with van der Waals surface area (Å²) in [6.07, 6.45) is 7.89. The first-order chi connectivity index (χ1) is 10.2. The lowest BCUT2D eigenvalue weighted by Gasteiger charge is -2.52. The van der Waals surface area contributed by atoms with Crippen molar-refractivity contribution in [1.29, 1.82) is 0 Å². The number of nitrogens with zero attached hydrogens (tertiary/aromatic N) is 3. The Labute approximate surface area is 131 Å². The second kappa shape index (κ2) is 4.96. The van der Waals surface area contributed by atoms with Gasteiger partial charge >= 0.3 is 6.09 Å². The molecule has 1 heterocycles. The van der Waals surface area contributed by atoms with Gasteiger partial charge in [-0.05, 0) is 59.3 Å². The Kier molecular flexibility index (Phi) is 3.45. The summed E-state index contributed by atoms with van der Waals surface area (Å²) >= 11 is 0. The third kappa shape index (κ3) is 2.83. The van der Waals surface area contributed by atoms with Crippen LogP contribution in [0.5, 0.6) is 0 Å². The number of aromatic nitrogens is 3. The lowest BCUT2D eigenvalue weighted by Crippen LogP contribution is -2.58. The molecule has 0 aliphatic heterocycles. The number of hydrogen-bond acceptors (Lipinski definition) is 4. The fourth-order valence-electron chi connectivity index (χ4n) is 3.87. The zero-order valence-electron chi connectivity index (χ0n) is 14.0. The third-order valence-electron chi connectivity index (χ3n) is 5.16. The quantitative estimate of drug-likeness (QED) is 0.912. The molecule has 122 valence electrons. The third-order valence-corrected chi connectivity index (χ3v) is 5.16. The average Bonchev–Trinajstić information content (AvgIpc) is 2.85. The Morgan fingerprint density at radius 3 is 2.27 bits per heavy atom. The van der Waals surface area contributed by atoms with Gasteiger partial charge in [0, 0.05) is 24.2 Å². The number of amides is 1. The van der Waals surface area contributed by atoms with Gasteiger partial charge < -0.3 is 10.1 Å². The van der Waals surface area contributed by atoms with Crippen LogP contribution in [0.25, 0.3) is 0 Å². The van der Waals surface area contributed by atoms with Crippen LogP contribution in [0.2, 0.25) is 0 Å². The lowest BCUT2D eigenvalue weighted by molar-refractivity contribution is 0.0253. The van der Waals surface area contributed by atoms with Crippen molar-refractivity contribution >= 4 is 6.09 Å². The molecular formula is C16H26N4O2. The first-order valence-corrected chi connectivity index (χ1v) is 8.10. The van der Waals surface area contributed by atoms with E-state index in [2.05, 4.69) is 15.6 Å². The monoisotopic (exact) mass is 306 g/mol. The minimum absolute atomic E-state index is 0.0910. The number of alkyl carbamates (subject to hydrolysis) is 1. The Balaban J connectivity index is 1.66. The van der Waals surface area contributed by atoms with Crippen LogP contribution < -0.4 is 5.32 Å². The maximum atomic E-state index is 12.1. The highest BCUT2D eigenvalue weighted by Crippen LogP contribution is 2.53. The number of ether oxygens (including phenoxy) is 1. The number of rotatable bonds is 2. The predicted molar refractivity (Wildman–Crippen MR) is 82.5 cm³/mol. The number of carbonyl (C=O) groups is 1. The largest absolute Gasteiger partial charge is 0.444 e. The summed E-state index contributed by atoms with van der Waals surface area (Å²) in [6.45, 7) is 5.68. The van der Waals surface area contributed by atoms with Crippen LogP contribution in [0.3, 0.4) is 0 Å². The topological polar surface area (TPSA) is 69.0 Å². The van der Waals surface area contributed by atoms with E-state index in [1.807, 2.05) is 34.0 Å². The van der Waals surface area contributed by atoms with Crippen molar-refractivity contribution in [3.8, 4) is 0 Å². The van der Waals surface area contributed by atoms with Crippen molar-refractivity contribution in [2.75, 3.05) is 0 Å².